The third-order valence-electron chi connectivity index (χ3n) is 3.45. The van der Waals surface area contributed by atoms with Crippen molar-refractivity contribution < 1.29 is 4.79 Å². The summed E-state index contributed by atoms with van der Waals surface area (Å²) in [5.74, 6) is -0.0559. The van der Waals surface area contributed by atoms with E-state index in [0.717, 1.165) is 25.9 Å². The van der Waals surface area contributed by atoms with Crippen LogP contribution in [0.3, 0.4) is 0 Å². The number of likely N-dealkylation sites (tertiary alicyclic amines) is 1. The third kappa shape index (κ3) is 2.96. The van der Waals surface area contributed by atoms with Crippen LogP contribution in [0.1, 0.15) is 37.0 Å². The molecule has 0 radical (unpaired) electrons. The molecule has 1 fully saturated rings. The number of halogens is 2. The minimum absolute atomic E-state index is 0.0559. The average molecular weight is 287 g/mol. The largest absolute Gasteiger partial charge is 0.339 e. The second-order valence-corrected chi connectivity index (χ2v) is 6.17. The highest BCUT2D eigenvalue weighted by molar-refractivity contribution is 6.34. The molecule has 5 heteroatoms. The van der Waals surface area contributed by atoms with E-state index in [0.29, 0.717) is 16.1 Å². The molecule has 0 N–H and O–H groups in total. The van der Waals surface area contributed by atoms with Crippen LogP contribution in [-0.4, -0.2) is 28.9 Å². The van der Waals surface area contributed by atoms with Gasteiger partial charge in [0.25, 0.3) is 5.91 Å². The number of hydrogen-bond acceptors (Lipinski definition) is 2. The van der Waals surface area contributed by atoms with Gasteiger partial charge in [0.2, 0.25) is 0 Å². The Morgan fingerprint density at radius 2 is 1.89 bits per heavy atom. The number of aromatic nitrogens is 1. The second-order valence-electron chi connectivity index (χ2n) is 5.43. The van der Waals surface area contributed by atoms with E-state index in [1.807, 2.05) is 4.90 Å². The summed E-state index contributed by atoms with van der Waals surface area (Å²) in [5, 5.41) is 0.480. The van der Waals surface area contributed by atoms with Gasteiger partial charge in [0.05, 0.1) is 5.56 Å². The molecule has 0 aliphatic carbocycles. The van der Waals surface area contributed by atoms with E-state index < -0.39 is 0 Å². The lowest BCUT2D eigenvalue weighted by molar-refractivity contribution is 0.0630. The standard InChI is InChI=1S/C13H16Cl2N2O/c1-13(2)5-7-17(8-6-13)12(18)9-3-4-10(14)16-11(9)15/h3-4H,5-8H2,1-2H3. The first-order valence-corrected chi connectivity index (χ1v) is 6.76. The Morgan fingerprint density at radius 1 is 1.28 bits per heavy atom. The van der Waals surface area contributed by atoms with E-state index in [1.54, 1.807) is 12.1 Å². The van der Waals surface area contributed by atoms with E-state index in [9.17, 15) is 4.79 Å². The van der Waals surface area contributed by atoms with E-state index in [-0.39, 0.29) is 11.1 Å². The van der Waals surface area contributed by atoms with Crippen molar-refractivity contribution in [2.24, 2.45) is 5.41 Å². The van der Waals surface area contributed by atoms with Gasteiger partial charge < -0.3 is 4.90 Å². The van der Waals surface area contributed by atoms with Gasteiger partial charge in [-0.15, -0.1) is 0 Å². The summed E-state index contributed by atoms with van der Waals surface area (Å²) in [5.41, 5.74) is 0.750. The summed E-state index contributed by atoms with van der Waals surface area (Å²) in [6, 6.07) is 3.23. The Morgan fingerprint density at radius 3 is 2.44 bits per heavy atom. The van der Waals surface area contributed by atoms with Crippen LogP contribution >= 0.6 is 23.2 Å². The molecule has 0 spiro atoms. The van der Waals surface area contributed by atoms with Gasteiger partial charge >= 0.3 is 0 Å². The lowest BCUT2D eigenvalue weighted by Gasteiger charge is -2.37. The number of carbonyl (C=O) groups excluding carboxylic acids is 1. The van der Waals surface area contributed by atoms with Crippen molar-refractivity contribution in [2.45, 2.75) is 26.7 Å². The molecular weight excluding hydrogens is 271 g/mol. The predicted octanol–water partition coefficient (Wildman–Crippen LogP) is 3.65. The minimum Gasteiger partial charge on any atom is -0.339 e. The van der Waals surface area contributed by atoms with Gasteiger partial charge in [0.15, 0.2) is 0 Å². The molecule has 0 unspecified atom stereocenters. The minimum atomic E-state index is -0.0559. The Kier molecular flexibility index (Phi) is 3.83. The maximum atomic E-state index is 12.3. The Bertz CT molecular complexity index is 464. The van der Waals surface area contributed by atoms with Crippen LogP contribution in [0.5, 0.6) is 0 Å². The first-order chi connectivity index (χ1) is 8.39. The van der Waals surface area contributed by atoms with Crippen LogP contribution < -0.4 is 0 Å². The van der Waals surface area contributed by atoms with Gasteiger partial charge in [-0.1, -0.05) is 37.0 Å². The Hall–Kier alpha value is -0.800. The summed E-state index contributed by atoms with van der Waals surface area (Å²) in [4.78, 5) is 18.0. The van der Waals surface area contributed by atoms with Crippen LogP contribution in [0.2, 0.25) is 10.3 Å². The number of hydrogen-bond donors (Lipinski definition) is 0. The zero-order valence-electron chi connectivity index (χ0n) is 10.5. The van der Waals surface area contributed by atoms with Gasteiger partial charge in [-0.2, -0.15) is 0 Å². The third-order valence-corrected chi connectivity index (χ3v) is 3.95. The summed E-state index contributed by atoms with van der Waals surface area (Å²) in [6.07, 6.45) is 2.02. The number of carbonyl (C=O) groups is 1. The number of rotatable bonds is 1. The SMILES string of the molecule is CC1(C)CCN(C(=O)c2ccc(Cl)nc2Cl)CC1. The van der Waals surface area contributed by atoms with E-state index in [1.165, 1.54) is 0 Å². The van der Waals surface area contributed by atoms with E-state index in [2.05, 4.69) is 18.8 Å². The smallest absolute Gasteiger partial charge is 0.256 e. The number of nitrogens with zero attached hydrogens (tertiary/aromatic N) is 2. The van der Waals surface area contributed by atoms with Gasteiger partial charge in [-0.05, 0) is 30.4 Å². The highest BCUT2D eigenvalue weighted by atomic mass is 35.5. The van der Waals surface area contributed by atoms with Gasteiger partial charge in [0.1, 0.15) is 10.3 Å². The normalized spacial score (nSPS) is 18.8. The maximum absolute atomic E-state index is 12.3. The molecule has 1 aromatic heterocycles. The highest BCUT2D eigenvalue weighted by Gasteiger charge is 2.29. The van der Waals surface area contributed by atoms with E-state index >= 15 is 0 Å². The van der Waals surface area contributed by atoms with Crippen molar-refractivity contribution in [3.05, 3.63) is 28.0 Å². The number of piperidine rings is 1. The maximum Gasteiger partial charge on any atom is 0.256 e. The molecule has 0 bridgehead atoms. The summed E-state index contributed by atoms with van der Waals surface area (Å²) >= 11 is 11.7. The van der Waals surface area contributed by atoms with Crippen LogP contribution in [0.4, 0.5) is 0 Å². The number of amides is 1. The fourth-order valence-corrected chi connectivity index (χ4v) is 2.48. The van der Waals surface area contributed by atoms with Crippen molar-refractivity contribution >= 4 is 29.1 Å². The average Bonchev–Trinajstić information content (AvgIpc) is 2.28. The zero-order chi connectivity index (χ0) is 13.3. The fourth-order valence-electron chi connectivity index (χ4n) is 2.06. The number of pyridine rings is 1. The lowest BCUT2D eigenvalue weighted by Crippen LogP contribution is -2.41. The molecule has 0 atom stereocenters. The van der Waals surface area contributed by atoms with Gasteiger partial charge in [0, 0.05) is 13.1 Å². The first kappa shape index (κ1) is 13.6. The molecule has 1 amide bonds. The van der Waals surface area contributed by atoms with E-state index in [4.69, 9.17) is 23.2 Å². The van der Waals surface area contributed by atoms with Crippen molar-refractivity contribution in [3.63, 3.8) is 0 Å². The molecule has 2 heterocycles. The summed E-state index contributed by atoms with van der Waals surface area (Å²) in [7, 11) is 0. The van der Waals surface area contributed by atoms with Crippen molar-refractivity contribution in [1.29, 1.82) is 0 Å². The zero-order valence-corrected chi connectivity index (χ0v) is 12.1. The van der Waals surface area contributed by atoms with Crippen molar-refractivity contribution in [1.82, 2.24) is 9.88 Å². The molecule has 18 heavy (non-hydrogen) atoms. The van der Waals surface area contributed by atoms with Crippen molar-refractivity contribution in [2.75, 3.05) is 13.1 Å². The second kappa shape index (κ2) is 5.06. The summed E-state index contributed by atoms with van der Waals surface area (Å²) < 4.78 is 0. The highest BCUT2D eigenvalue weighted by Crippen LogP contribution is 2.30. The molecule has 0 aromatic carbocycles. The summed E-state index contributed by atoms with van der Waals surface area (Å²) in [6.45, 7) is 5.99. The Balaban J connectivity index is 2.13. The Labute approximate surface area is 117 Å². The lowest BCUT2D eigenvalue weighted by atomic mass is 9.82. The molecule has 1 aliphatic heterocycles. The van der Waals surface area contributed by atoms with Crippen LogP contribution in [0.15, 0.2) is 12.1 Å². The molecule has 2 rings (SSSR count). The molecule has 0 saturated carbocycles. The van der Waals surface area contributed by atoms with Gasteiger partial charge in [-0.3, -0.25) is 4.79 Å². The van der Waals surface area contributed by atoms with Gasteiger partial charge in [-0.25, -0.2) is 4.98 Å². The molecule has 98 valence electrons. The molecular formula is C13H16Cl2N2O. The molecule has 1 aromatic rings. The molecule has 1 saturated heterocycles. The first-order valence-electron chi connectivity index (χ1n) is 6.00. The predicted molar refractivity (Wildman–Crippen MR) is 73.2 cm³/mol. The van der Waals surface area contributed by atoms with Crippen LogP contribution in [0.25, 0.3) is 0 Å². The molecule has 3 nitrogen and oxygen atoms in total. The quantitative estimate of drug-likeness (QED) is 0.739. The monoisotopic (exact) mass is 286 g/mol. The topological polar surface area (TPSA) is 33.2 Å². The molecule has 1 aliphatic rings. The van der Waals surface area contributed by atoms with Crippen molar-refractivity contribution in [3.8, 4) is 0 Å². The fraction of sp³-hybridized carbons (Fsp3) is 0.538. The van der Waals surface area contributed by atoms with Crippen LogP contribution in [0, 0.1) is 5.41 Å². The van der Waals surface area contributed by atoms with Crippen LogP contribution in [-0.2, 0) is 0 Å².